The number of benzene rings is 2. The SMILES string of the molecule is CCN1CC(C)(C(=O)O)C(=O)c2cc(F)c(N3CCN(C(=O)OCc4ccc(NC(=O)[C@H](CCCNC(N)=O)n5cc([C@@H](NC(=O)CNC(=O)CCCCCN6C(=O)CCC6=O)C(C)C)nn5)cc4)CC3)cc21. The molecule has 4 heterocycles. The van der Waals surface area contributed by atoms with Crippen molar-refractivity contribution >= 4 is 70.5 Å². The number of ketones is 1. The summed E-state index contributed by atoms with van der Waals surface area (Å²) < 4.78 is 22.5. The monoisotopic (exact) mass is 1020 g/mol. The number of rotatable bonds is 23. The molecular weight excluding hydrogens is 952 g/mol. The number of Topliss-reactive ketones (excluding diaryl/α,β-unsaturated/α-hetero) is 1. The fraction of sp³-hybridized carbons (Fsp3) is 0.531. The summed E-state index contributed by atoms with van der Waals surface area (Å²) in [7, 11) is 0. The van der Waals surface area contributed by atoms with Gasteiger partial charge in [0.1, 0.15) is 29.6 Å². The van der Waals surface area contributed by atoms with E-state index in [1.54, 1.807) is 46.3 Å². The molecule has 1 unspecified atom stereocenters. The van der Waals surface area contributed by atoms with Gasteiger partial charge in [-0.3, -0.25) is 38.5 Å². The van der Waals surface area contributed by atoms with Gasteiger partial charge in [-0.2, -0.15) is 0 Å². The van der Waals surface area contributed by atoms with Gasteiger partial charge in [0.05, 0.1) is 24.5 Å². The number of carbonyl (C=O) groups excluding carboxylic acids is 8. The van der Waals surface area contributed by atoms with Gasteiger partial charge in [0.2, 0.25) is 29.5 Å². The molecule has 394 valence electrons. The molecule has 2 fully saturated rings. The van der Waals surface area contributed by atoms with E-state index in [0.717, 1.165) is 6.07 Å². The molecule has 3 aromatic rings. The number of hydrogen-bond acceptors (Lipinski definition) is 14. The van der Waals surface area contributed by atoms with Crippen LogP contribution in [0, 0.1) is 17.2 Å². The van der Waals surface area contributed by atoms with Crippen LogP contribution in [0.5, 0.6) is 0 Å². The van der Waals surface area contributed by atoms with Gasteiger partial charge >= 0.3 is 18.1 Å². The smallest absolute Gasteiger partial charge is 0.410 e. The van der Waals surface area contributed by atoms with E-state index >= 15 is 4.39 Å². The van der Waals surface area contributed by atoms with Crippen LogP contribution in [0.15, 0.2) is 42.6 Å². The molecule has 23 nitrogen and oxygen atoms in total. The van der Waals surface area contributed by atoms with Gasteiger partial charge in [-0.15, -0.1) is 5.10 Å². The molecule has 73 heavy (non-hydrogen) atoms. The third kappa shape index (κ3) is 13.9. The number of piperazine rings is 1. The first kappa shape index (κ1) is 54.7. The fourth-order valence-electron chi connectivity index (χ4n) is 8.95. The number of carbonyl (C=O) groups is 9. The van der Waals surface area contributed by atoms with Crippen molar-refractivity contribution in [2.45, 2.75) is 97.8 Å². The van der Waals surface area contributed by atoms with Gasteiger partial charge < -0.3 is 51.5 Å². The number of amides is 8. The lowest BCUT2D eigenvalue weighted by molar-refractivity contribution is -0.145. The highest BCUT2D eigenvalue weighted by Gasteiger charge is 2.48. The minimum absolute atomic E-state index is 0.0209. The topological polar surface area (TPSA) is 301 Å². The highest BCUT2D eigenvalue weighted by atomic mass is 19.1. The molecule has 0 saturated carbocycles. The Morgan fingerprint density at radius 1 is 0.904 bits per heavy atom. The summed E-state index contributed by atoms with van der Waals surface area (Å²) in [4.78, 5) is 119. The van der Waals surface area contributed by atoms with Crippen LogP contribution in [0.3, 0.4) is 0 Å². The minimum atomic E-state index is -1.70. The van der Waals surface area contributed by atoms with Crippen LogP contribution in [0.4, 0.5) is 31.0 Å². The number of halogens is 1. The zero-order valence-corrected chi connectivity index (χ0v) is 41.6. The van der Waals surface area contributed by atoms with E-state index in [2.05, 4.69) is 31.6 Å². The van der Waals surface area contributed by atoms with Crippen molar-refractivity contribution in [3.63, 3.8) is 0 Å². The average Bonchev–Trinajstić information content (AvgIpc) is 3.97. The van der Waals surface area contributed by atoms with Crippen molar-refractivity contribution in [2.75, 3.05) is 74.0 Å². The molecule has 6 rings (SSSR count). The van der Waals surface area contributed by atoms with Crippen molar-refractivity contribution in [2.24, 2.45) is 17.1 Å². The largest absolute Gasteiger partial charge is 0.480 e. The number of primary amides is 1. The van der Waals surface area contributed by atoms with Crippen molar-refractivity contribution in [1.29, 1.82) is 0 Å². The van der Waals surface area contributed by atoms with Crippen LogP contribution in [0.25, 0.3) is 0 Å². The molecule has 3 atom stereocenters. The lowest BCUT2D eigenvalue weighted by Crippen LogP contribution is -2.51. The van der Waals surface area contributed by atoms with E-state index in [9.17, 15) is 48.3 Å². The number of nitrogens with two attached hydrogens (primary N) is 1. The van der Waals surface area contributed by atoms with Gasteiger partial charge in [-0.25, -0.2) is 18.7 Å². The second kappa shape index (κ2) is 24.6. The second-order valence-electron chi connectivity index (χ2n) is 18.9. The molecule has 7 N–H and O–H groups in total. The Bertz CT molecular complexity index is 2530. The van der Waals surface area contributed by atoms with Gasteiger partial charge in [-0.05, 0) is 75.3 Å². The Morgan fingerprint density at radius 2 is 1.60 bits per heavy atom. The molecule has 2 saturated heterocycles. The standard InChI is InChI=1S/C49H65FN12O11/c1-5-58-29-49(4,46(69)70)44(67)33-24-34(50)38(25-37(33)58)59-20-22-60(23-21-59)48(72)73-28-31-12-14-32(15-13-31)54-45(68)36(10-9-18-52-47(51)71)62-27-35(56-57-62)43(30(2)3)55-40(64)26-53-39(63)11-7-6-8-19-61-41(65)16-17-42(61)66/h12-15,24-25,27,30,36,43H,5-11,16-23,26,28-29H2,1-4H3,(H,53,63)(H,54,68)(H,55,64)(H,69,70)(H3,51,52,71)/t36-,43-,49?/m0/s1. The Balaban J connectivity index is 0.981. The normalized spacial score (nSPS) is 17.5. The van der Waals surface area contributed by atoms with Gasteiger partial charge in [-0.1, -0.05) is 37.6 Å². The van der Waals surface area contributed by atoms with Gasteiger partial charge in [0.15, 0.2) is 5.78 Å². The number of imide groups is 1. The summed E-state index contributed by atoms with van der Waals surface area (Å²) in [5, 5.41) is 29.2. The van der Waals surface area contributed by atoms with Crippen LogP contribution in [-0.4, -0.2) is 142 Å². The van der Waals surface area contributed by atoms with Gasteiger partial charge in [0, 0.05) is 88.6 Å². The number of fused-ring (bicyclic) bond motifs is 1. The van der Waals surface area contributed by atoms with Crippen molar-refractivity contribution in [3.8, 4) is 0 Å². The fourth-order valence-corrected chi connectivity index (χ4v) is 8.95. The van der Waals surface area contributed by atoms with Crippen LogP contribution in [0.2, 0.25) is 0 Å². The first-order valence-electron chi connectivity index (χ1n) is 24.6. The first-order valence-corrected chi connectivity index (χ1v) is 24.6. The molecule has 1 aromatic heterocycles. The predicted molar refractivity (Wildman–Crippen MR) is 262 cm³/mol. The summed E-state index contributed by atoms with van der Waals surface area (Å²) in [6.45, 7) is 8.46. The second-order valence-corrected chi connectivity index (χ2v) is 18.9. The lowest BCUT2D eigenvalue weighted by atomic mass is 9.77. The van der Waals surface area contributed by atoms with Crippen LogP contribution in [0.1, 0.15) is 113 Å². The average molecular weight is 1020 g/mol. The van der Waals surface area contributed by atoms with E-state index in [1.165, 1.54) is 21.4 Å². The zero-order chi connectivity index (χ0) is 53.0. The molecule has 8 amide bonds. The number of ether oxygens (including phenoxy) is 1. The molecule has 0 aliphatic carbocycles. The Hall–Kier alpha value is -7.66. The molecule has 0 bridgehead atoms. The van der Waals surface area contributed by atoms with Gasteiger partial charge in [0.25, 0.3) is 0 Å². The third-order valence-electron chi connectivity index (χ3n) is 13.3. The van der Waals surface area contributed by atoms with E-state index < -0.39 is 59.0 Å². The number of unbranched alkanes of at least 4 members (excludes halogenated alkanes) is 2. The van der Waals surface area contributed by atoms with Crippen molar-refractivity contribution < 1.29 is 57.4 Å². The van der Waals surface area contributed by atoms with Crippen molar-refractivity contribution in [1.82, 2.24) is 40.7 Å². The number of carboxylic acids is 1. The Morgan fingerprint density at radius 3 is 2.25 bits per heavy atom. The van der Waals surface area contributed by atoms with E-state index in [-0.39, 0.29) is 113 Å². The molecule has 24 heteroatoms. The summed E-state index contributed by atoms with van der Waals surface area (Å²) in [6, 6.07) is 7.08. The van der Waals surface area contributed by atoms with E-state index in [0.29, 0.717) is 61.4 Å². The highest BCUT2D eigenvalue weighted by molar-refractivity contribution is 6.16. The Kier molecular flexibility index (Phi) is 18.5. The minimum Gasteiger partial charge on any atom is -0.480 e. The molecule has 0 radical (unpaired) electrons. The number of carboxylic acid groups (broad SMARTS) is 1. The maximum Gasteiger partial charge on any atom is 0.410 e. The van der Waals surface area contributed by atoms with E-state index in [1.807, 2.05) is 20.8 Å². The molecule has 0 spiro atoms. The van der Waals surface area contributed by atoms with E-state index in [4.69, 9.17) is 10.5 Å². The summed E-state index contributed by atoms with van der Waals surface area (Å²) in [5.41, 5.74) is 5.71. The maximum atomic E-state index is 15.5. The number of aliphatic carboxylic acids is 1. The quantitative estimate of drug-likeness (QED) is 0.0451. The first-order chi connectivity index (χ1) is 34.8. The molecular formula is C49H65FN12O11. The number of hydrogen-bond donors (Lipinski definition) is 6. The third-order valence-corrected chi connectivity index (χ3v) is 13.3. The molecule has 2 aromatic carbocycles. The maximum absolute atomic E-state index is 15.5. The lowest BCUT2D eigenvalue weighted by Gasteiger charge is -2.40. The number of likely N-dealkylation sites (tertiary alicyclic amines) is 1. The van der Waals surface area contributed by atoms with Crippen LogP contribution >= 0.6 is 0 Å². The summed E-state index contributed by atoms with van der Waals surface area (Å²) in [6.07, 6.45) is 3.94. The van der Waals surface area contributed by atoms with Crippen molar-refractivity contribution in [3.05, 3.63) is 65.2 Å². The molecule has 3 aliphatic rings. The summed E-state index contributed by atoms with van der Waals surface area (Å²) >= 11 is 0. The predicted octanol–water partition coefficient (Wildman–Crippen LogP) is 3.26. The number of nitrogens with zero attached hydrogens (tertiary/aromatic N) is 7. The number of aromatic nitrogens is 3. The number of urea groups is 1. The highest BCUT2D eigenvalue weighted by Crippen LogP contribution is 2.40. The van der Waals surface area contributed by atoms with Crippen LogP contribution < -0.4 is 36.8 Å². The van der Waals surface area contributed by atoms with Crippen LogP contribution in [-0.2, 0) is 40.1 Å². The number of anilines is 3. The molecule has 3 aliphatic heterocycles. The number of nitrogens with one attached hydrogen (secondary N) is 4. The Labute approximate surface area is 421 Å². The zero-order valence-electron chi connectivity index (χ0n) is 41.6. The summed E-state index contributed by atoms with van der Waals surface area (Å²) in [5.74, 6) is -4.33.